The van der Waals surface area contributed by atoms with Gasteiger partial charge in [0.05, 0.1) is 16.8 Å². The number of carbonyl (C=O) groups excluding carboxylic acids is 1. The van der Waals surface area contributed by atoms with E-state index in [1.54, 1.807) is 0 Å². The van der Waals surface area contributed by atoms with Crippen LogP contribution in [0, 0.1) is 0 Å². The van der Waals surface area contributed by atoms with Crippen molar-refractivity contribution in [3.63, 3.8) is 0 Å². The van der Waals surface area contributed by atoms with Gasteiger partial charge in [0.15, 0.2) is 12.6 Å². The summed E-state index contributed by atoms with van der Waals surface area (Å²) in [5.41, 5.74) is -1.84. The summed E-state index contributed by atoms with van der Waals surface area (Å²) in [5.74, 6) is 0.105. The number of ether oxygens (including phenoxy) is 1. The Labute approximate surface area is 218 Å². The average molecular weight is 553 g/mol. The van der Waals surface area contributed by atoms with Crippen LogP contribution in [-0.4, -0.2) is 52.1 Å². The van der Waals surface area contributed by atoms with Crippen molar-refractivity contribution < 1.29 is 35.9 Å². The zero-order chi connectivity index (χ0) is 27.8. The molecule has 9 nitrogen and oxygen atoms in total. The van der Waals surface area contributed by atoms with Gasteiger partial charge in [-0.1, -0.05) is 0 Å². The average Bonchev–Trinajstić information content (AvgIpc) is 3.57. The lowest BCUT2D eigenvalue weighted by atomic mass is 10.1. The molecule has 1 N–H and O–H groups in total. The number of pyridine rings is 1. The molecule has 1 aromatic heterocycles. The van der Waals surface area contributed by atoms with Gasteiger partial charge in [-0.25, -0.2) is 9.80 Å². The molecule has 1 aromatic carbocycles. The number of alkyl halides is 6. The highest BCUT2D eigenvalue weighted by Gasteiger charge is 2.39. The first-order valence-corrected chi connectivity index (χ1v) is 11.8. The SMILES string of the molecule is O=C(OCN1C=C(c2ncccc2C(F)(F)F)C=C2N=NC(Nc3ccc(C(F)(F)F)cc3)N21)N1CCCC1. The van der Waals surface area contributed by atoms with Crippen molar-refractivity contribution in [1.82, 2.24) is 19.9 Å². The first-order valence-electron chi connectivity index (χ1n) is 11.8. The van der Waals surface area contributed by atoms with Gasteiger partial charge >= 0.3 is 18.4 Å². The summed E-state index contributed by atoms with van der Waals surface area (Å²) in [7, 11) is 0. The number of likely N-dealkylation sites (tertiary alicyclic amines) is 1. The molecule has 1 saturated heterocycles. The second-order valence-corrected chi connectivity index (χ2v) is 8.81. The molecule has 1 amide bonds. The number of benzene rings is 1. The molecule has 0 spiro atoms. The van der Waals surface area contributed by atoms with Gasteiger partial charge in [0.1, 0.15) is 0 Å². The van der Waals surface area contributed by atoms with Crippen LogP contribution in [0.15, 0.2) is 70.9 Å². The standard InChI is InChI=1S/C24H21F6N7O2/c25-23(26,27)16-5-7-17(8-6-16)32-21-34-33-19-12-15(20-18(24(28,29)30)4-3-9-31-20)13-36(37(19)21)14-39-22(38)35-10-1-2-11-35/h3-9,12-13,21,32H,1-2,10-11,14H2. The molecule has 4 heterocycles. The van der Waals surface area contributed by atoms with Crippen LogP contribution in [0.2, 0.25) is 0 Å². The zero-order valence-corrected chi connectivity index (χ0v) is 20.1. The lowest BCUT2D eigenvalue weighted by molar-refractivity contribution is -0.138. The van der Waals surface area contributed by atoms with Crippen molar-refractivity contribution in [1.29, 1.82) is 0 Å². The Morgan fingerprint density at radius 1 is 1.03 bits per heavy atom. The molecule has 1 fully saturated rings. The minimum Gasteiger partial charge on any atom is -0.426 e. The highest BCUT2D eigenvalue weighted by Crippen LogP contribution is 2.38. The molecule has 0 saturated carbocycles. The smallest absolute Gasteiger partial charge is 0.418 e. The summed E-state index contributed by atoms with van der Waals surface area (Å²) in [6.45, 7) is 0.654. The van der Waals surface area contributed by atoms with E-state index >= 15 is 0 Å². The third-order valence-electron chi connectivity index (χ3n) is 6.16. The monoisotopic (exact) mass is 553 g/mol. The quantitative estimate of drug-likeness (QED) is 0.465. The third kappa shape index (κ3) is 5.61. The Kier molecular flexibility index (Phi) is 6.82. The van der Waals surface area contributed by atoms with E-state index in [9.17, 15) is 31.1 Å². The van der Waals surface area contributed by atoms with E-state index in [1.807, 2.05) is 0 Å². The highest BCUT2D eigenvalue weighted by atomic mass is 19.4. The zero-order valence-electron chi connectivity index (χ0n) is 20.1. The van der Waals surface area contributed by atoms with E-state index < -0.39 is 42.6 Å². The molecule has 206 valence electrons. The Hall–Kier alpha value is -4.30. The number of halogens is 6. The molecule has 1 unspecified atom stereocenters. The van der Waals surface area contributed by atoms with Gasteiger partial charge in [0.25, 0.3) is 0 Å². The normalized spacial score (nSPS) is 19.1. The molecule has 3 aliphatic heterocycles. The number of allylic oxidation sites excluding steroid dienone is 2. The largest absolute Gasteiger partial charge is 0.426 e. The number of anilines is 1. The predicted octanol–water partition coefficient (Wildman–Crippen LogP) is 5.89. The molecule has 1 atom stereocenters. The first kappa shape index (κ1) is 26.3. The summed E-state index contributed by atoms with van der Waals surface area (Å²) in [6.07, 6.45) is -5.24. The number of amides is 1. The number of nitrogens with one attached hydrogen (secondary N) is 1. The van der Waals surface area contributed by atoms with E-state index in [4.69, 9.17) is 4.74 Å². The predicted molar refractivity (Wildman–Crippen MR) is 125 cm³/mol. The molecule has 0 bridgehead atoms. The van der Waals surface area contributed by atoms with E-state index in [1.165, 1.54) is 51.6 Å². The van der Waals surface area contributed by atoms with Gasteiger partial charge in [-0.3, -0.25) is 9.99 Å². The van der Waals surface area contributed by atoms with Crippen LogP contribution in [-0.2, 0) is 17.1 Å². The fourth-order valence-corrected chi connectivity index (χ4v) is 4.30. The second-order valence-electron chi connectivity index (χ2n) is 8.81. The number of hydrazine groups is 1. The summed E-state index contributed by atoms with van der Waals surface area (Å²) < 4.78 is 85.3. The maximum Gasteiger partial charge on any atom is 0.418 e. The number of hydrogen-bond donors (Lipinski definition) is 1. The van der Waals surface area contributed by atoms with Gasteiger partial charge < -0.3 is 15.0 Å². The van der Waals surface area contributed by atoms with Crippen molar-refractivity contribution in [3.8, 4) is 0 Å². The lowest BCUT2D eigenvalue weighted by Gasteiger charge is -2.37. The van der Waals surface area contributed by atoms with Gasteiger partial charge in [0.2, 0.25) is 6.29 Å². The Balaban J connectivity index is 1.43. The number of azo groups is 1. The third-order valence-corrected chi connectivity index (χ3v) is 6.16. The minimum atomic E-state index is -4.68. The summed E-state index contributed by atoms with van der Waals surface area (Å²) in [4.78, 5) is 17.9. The Morgan fingerprint density at radius 3 is 2.41 bits per heavy atom. The molecule has 0 radical (unpaired) electrons. The molecular weight excluding hydrogens is 532 g/mol. The van der Waals surface area contributed by atoms with Crippen molar-refractivity contribution in [3.05, 3.63) is 77.5 Å². The molecular formula is C24H21F6N7O2. The summed E-state index contributed by atoms with van der Waals surface area (Å²) >= 11 is 0. The number of fused-ring (bicyclic) bond motifs is 1. The molecule has 5 rings (SSSR count). The van der Waals surface area contributed by atoms with Gasteiger partial charge in [-0.2, -0.15) is 26.3 Å². The fraction of sp³-hybridized carbons (Fsp3) is 0.333. The van der Waals surface area contributed by atoms with E-state index in [2.05, 4.69) is 20.5 Å². The molecule has 3 aliphatic rings. The number of nitrogens with zero attached hydrogens (tertiary/aromatic N) is 6. The lowest BCUT2D eigenvalue weighted by Crippen LogP contribution is -2.48. The summed E-state index contributed by atoms with van der Waals surface area (Å²) in [5, 5.41) is 13.8. The Morgan fingerprint density at radius 2 is 1.74 bits per heavy atom. The van der Waals surface area contributed by atoms with E-state index in [0.29, 0.717) is 13.1 Å². The number of aromatic nitrogens is 1. The minimum absolute atomic E-state index is 0.0422. The van der Waals surface area contributed by atoms with Gasteiger partial charge in [-0.15, -0.1) is 10.2 Å². The maximum atomic E-state index is 13.7. The summed E-state index contributed by atoms with van der Waals surface area (Å²) in [6, 6.07) is 6.30. The van der Waals surface area contributed by atoms with Crippen molar-refractivity contribution in [2.45, 2.75) is 31.5 Å². The molecule has 39 heavy (non-hydrogen) atoms. The Bertz CT molecular complexity index is 1320. The molecule has 0 aliphatic carbocycles. The van der Waals surface area contributed by atoms with E-state index in [0.717, 1.165) is 31.0 Å². The molecule has 15 heteroatoms. The van der Waals surface area contributed by atoms with Crippen LogP contribution in [0.25, 0.3) is 5.57 Å². The van der Waals surface area contributed by atoms with E-state index in [-0.39, 0.29) is 22.8 Å². The number of hydrogen-bond acceptors (Lipinski definition) is 8. The fourth-order valence-electron chi connectivity index (χ4n) is 4.30. The number of carbonyl (C=O) groups is 1. The van der Waals surface area contributed by atoms with Crippen LogP contribution in [0.4, 0.5) is 36.8 Å². The van der Waals surface area contributed by atoms with Crippen LogP contribution in [0.5, 0.6) is 0 Å². The maximum absolute atomic E-state index is 13.7. The van der Waals surface area contributed by atoms with Crippen LogP contribution in [0.3, 0.4) is 0 Å². The molecule has 2 aromatic rings. The van der Waals surface area contributed by atoms with Gasteiger partial charge in [-0.05, 0) is 55.3 Å². The van der Waals surface area contributed by atoms with Crippen LogP contribution < -0.4 is 5.32 Å². The van der Waals surface area contributed by atoms with Crippen molar-refractivity contribution >= 4 is 17.4 Å². The second kappa shape index (κ2) is 10.1. The van der Waals surface area contributed by atoms with Crippen molar-refractivity contribution in [2.24, 2.45) is 10.2 Å². The van der Waals surface area contributed by atoms with Gasteiger partial charge in [0, 0.05) is 36.7 Å². The highest BCUT2D eigenvalue weighted by molar-refractivity contribution is 5.75. The number of rotatable bonds is 5. The van der Waals surface area contributed by atoms with Crippen molar-refractivity contribution in [2.75, 3.05) is 25.1 Å². The topological polar surface area (TPSA) is 85.7 Å². The first-order chi connectivity index (χ1) is 18.5. The van der Waals surface area contributed by atoms with Crippen LogP contribution in [0.1, 0.15) is 29.7 Å². The van der Waals surface area contributed by atoms with Crippen LogP contribution >= 0.6 is 0 Å².